The topological polar surface area (TPSA) is 58.4 Å². The molecule has 1 amide bonds. The summed E-state index contributed by atoms with van der Waals surface area (Å²) in [6.45, 7) is 5.23. The molecule has 4 heteroatoms. The van der Waals surface area contributed by atoms with Crippen LogP contribution in [0.5, 0.6) is 0 Å². The molecule has 0 radical (unpaired) electrons. The Hall–Kier alpha value is -1.39. The van der Waals surface area contributed by atoms with Crippen molar-refractivity contribution in [1.29, 1.82) is 0 Å². The molecule has 1 unspecified atom stereocenters. The summed E-state index contributed by atoms with van der Waals surface area (Å²) in [6, 6.07) is 8.43. The number of fused-ring (bicyclic) bond motifs is 1. The zero-order chi connectivity index (χ0) is 14.4. The van der Waals surface area contributed by atoms with E-state index in [0.29, 0.717) is 6.54 Å². The third-order valence-electron chi connectivity index (χ3n) is 4.02. The van der Waals surface area contributed by atoms with Crippen molar-refractivity contribution in [1.82, 2.24) is 10.2 Å². The Bertz CT molecular complexity index is 447. The monoisotopic (exact) mass is 275 g/mol. The largest absolute Gasteiger partial charge is 0.355 e. The van der Waals surface area contributed by atoms with Crippen molar-refractivity contribution in [2.24, 2.45) is 5.73 Å². The van der Waals surface area contributed by atoms with E-state index in [2.05, 4.69) is 34.5 Å². The van der Waals surface area contributed by atoms with Gasteiger partial charge in [0.2, 0.25) is 5.91 Å². The molecule has 20 heavy (non-hydrogen) atoms. The van der Waals surface area contributed by atoms with Gasteiger partial charge in [0, 0.05) is 19.6 Å². The molecule has 1 atom stereocenters. The normalized spacial score (nSPS) is 16.5. The lowest BCUT2D eigenvalue weighted by molar-refractivity contribution is -0.126. The van der Waals surface area contributed by atoms with Crippen LogP contribution in [0.15, 0.2) is 24.3 Å². The number of hydrogen-bond acceptors (Lipinski definition) is 3. The summed E-state index contributed by atoms with van der Waals surface area (Å²) < 4.78 is 0. The predicted molar refractivity (Wildman–Crippen MR) is 81.3 cm³/mol. The molecular weight excluding hydrogens is 250 g/mol. The van der Waals surface area contributed by atoms with Gasteiger partial charge in [-0.15, -0.1) is 0 Å². The number of benzene rings is 1. The second kappa shape index (κ2) is 7.41. The van der Waals surface area contributed by atoms with Crippen LogP contribution in [0.3, 0.4) is 0 Å². The quantitative estimate of drug-likeness (QED) is 0.769. The van der Waals surface area contributed by atoms with Gasteiger partial charge in [-0.3, -0.25) is 9.69 Å². The molecule has 4 nitrogen and oxygen atoms in total. The summed E-state index contributed by atoms with van der Waals surface area (Å²) >= 11 is 0. The number of rotatable bonds is 6. The van der Waals surface area contributed by atoms with Gasteiger partial charge in [-0.2, -0.15) is 0 Å². The minimum absolute atomic E-state index is 0.0683. The molecule has 0 spiro atoms. The fraction of sp³-hybridized carbons (Fsp3) is 0.562. The Morgan fingerprint density at radius 1 is 1.35 bits per heavy atom. The van der Waals surface area contributed by atoms with Crippen molar-refractivity contribution < 1.29 is 4.79 Å². The first-order chi connectivity index (χ1) is 9.72. The second-order valence-electron chi connectivity index (χ2n) is 5.45. The van der Waals surface area contributed by atoms with Gasteiger partial charge in [-0.1, -0.05) is 24.3 Å². The van der Waals surface area contributed by atoms with Crippen molar-refractivity contribution in [3.05, 3.63) is 35.4 Å². The average molecular weight is 275 g/mol. The van der Waals surface area contributed by atoms with Gasteiger partial charge in [0.25, 0.3) is 0 Å². The van der Waals surface area contributed by atoms with E-state index in [0.717, 1.165) is 38.9 Å². The molecule has 1 heterocycles. The minimum Gasteiger partial charge on any atom is -0.355 e. The summed E-state index contributed by atoms with van der Waals surface area (Å²) in [6.07, 6.45) is 2.95. The highest BCUT2D eigenvalue weighted by Crippen LogP contribution is 2.20. The summed E-state index contributed by atoms with van der Waals surface area (Å²) in [7, 11) is 0. The number of carbonyl (C=O) groups excluding carboxylic acids is 1. The van der Waals surface area contributed by atoms with E-state index in [1.165, 1.54) is 11.1 Å². The molecule has 0 saturated heterocycles. The molecule has 1 aromatic carbocycles. The fourth-order valence-electron chi connectivity index (χ4n) is 2.64. The number of nitrogens with one attached hydrogen (secondary N) is 1. The third kappa shape index (κ3) is 3.81. The molecule has 2 rings (SSSR count). The Labute approximate surface area is 121 Å². The van der Waals surface area contributed by atoms with E-state index < -0.39 is 0 Å². The van der Waals surface area contributed by atoms with Crippen LogP contribution in [0.1, 0.15) is 30.9 Å². The van der Waals surface area contributed by atoms with E-state index in [1.807, 2.05) is 6.92 Å². The van der Waals surface area contributed by atoms with Gasteiger partial charge in [-0.25, -0.2) is 0 Å². The lowest BCUT2D eigenvalue weighted by Crippen LogP contribution is -2.47. The molecule has 1 aliphatic rings. The van der Waals surface area contributed by atoms with Crippen LogP contribution in [0.25, 0.3) is 0 Å². The van der Waals surface area contributed by atoms with Crippen LogP contribution in [0.4, 0.5) is 0 Å². The Kier molecular flexibility index (Phi) is 5.56. The maximum atomic E-state index is 12.1. The SMILES string of the molecule is CC(C(=O)NCCCCN)N1CCc2ccccc2C1. The molecular formula is C16H25N3O. The van der Waals surface area contributed by atoms with Crippen LogP contribution in [0.2, 0.25) is 0 Å². The van der Waals surface area contributed by atoms with Gasteiger partial charge in [0.1, 0.15) is 0 Å². The molecule has 0 bridgehead atoms. The number of hydrogen-bond donors (Lipinski definition) is 2. The van der Waals surface area contributed by atoms with E-state index in [-0.39, 0.29) is 11.9 Å². The first-order valence-electron chi connectivity index (χ1n) is 7.51. The first-order valence-corrected chi connectivity index (χ1v) is 7.51. The van der Waals surface area contributed by atoms with E-state index in [4.69, 9.17) is 5.73 Å². The molecule has 0 saturated carbocycles. The first kappa shape index (κ1) is 15.0. The molecule has 1 aliphatic heterocycles. The van der Waals surface area contributed by atoms with Gasteiger partial charge in [0.05, 0.1) is 6.04 Å². The molecule has 110 valence electrons. The van der Waals surface area contributed by atoms with Gasteiger partial charge >= 0.3 is 0 Å². The fourth-order valence-corrected chi connectivity index (χ4v) is 2.64. The highest BCUT2D eigenvalue weighted by Gasteiger charge is 2.24. The van der Waals surface area contributed by atoms with Crippen LogP contribution < -0.4 is 11.1 Å². The molecule has 0 aromatic heterocycles. The smallest absolute Gasteiger partial charge is 0.237 e. The van der Waals surface area contributed by atoms with Crippen LogP contribution in [0, 0.1) is 0 Å². The van der Waals surface area contributed by atoms with Crippen LogP contribution in [-0.2, 0) is 17.8 Å². The maximum Gasteiger partial charge on any atom is 0.237 e. The highest BCUT2D eigenvalue weighted by molar-refractivity contribution is 5.81. The minimum atomic E-state index is -0.0683. The maximum absolute atomic E-state index is 12.1. The number of amides is 1. The number of unbranched alkanes of at least 4 members (excludes halogenated alkanes) is 1. The molecule has 3 N–H and O–H groups in total. The summed E-state index contributed by atoms with van der Waals surface area (Å²) in [5.41, 5.74) is 8.21. The van der Waals surface area contributed by atoms with Gasteiger partial charge < -0.3 is 11.1 Å². The van der Waals surface area contributed by atoms with E-state index in [9.17, 15) is 4.79 Å². The zero-order valence-electron chi connectivity index (χ0n) is 12.3. The summed E-state index contributed by atoms with van der Waals surface area (Å²) in [4.78, 5) is 14.4. The lowest BCUT2D eigenvalue weighted by atomic mass is 9.99. The summed E-state index contributed by atoms with van der Waals surface area (Å²) in [5.74, 6) is 0.126. The van der Waals surface area contributed by atoms with E-state index >= 15 is 0 Å². The van der Waals surface area contributed by atoms with Gasteiger partial charge in [-0.05, 0) is 43.9 Å². The summed E-state index contributed by atoms with van der Waals surface area (Å²) in [5, 5.41) is 3.00. The number of nitrogens with two attached hydrogens (primary N) is 1. The Balaban J connectivity index is 1.84. The average Bonchev–Trinajstić information content (AvgIpc) is 2.50. The van der Waals surface area contributed by atoms with Crippen LogP contribution in [-0.4, -0.2) is 36.5 Å². The molecule has 0 aliphatic carbocycles. The van der Waals surface area contributed by atoms with Crippen molar-refractivity contribution >= 4 is 5.91 Å². The molecule has 1 aromatic rings. The van der Waals surface area contributed by atoms with Crippen molar-refractivity contribution in [3.63, 3.8) is 0 Å². The second-order valence-corrected chi connectivity index (χ2v) is 5.45. The predicted octanol–water partition coefficient (Wildman–Crippen LogP) is 1.29. The van der Waals surface area contributed by atoms with Crippen LogP contribution >= 0.6 is 0 Å². The number of carbonyl (C=O) groups is 1. The van der Waals surface area contributed by atoms with Crippen molar-refractivity contribution in [3.8, 4) is 0 Å². The number of nitrogens with zero attached hydrogens (tertiary/aromatic N) is 1. The Morgan fingerprint density at radius 2 is 2.10 bits per heavy atom. The standard InChI is InChI=1S/C16H25N3O/c1-13(16(20)18-10-5-4-9-17)19-11-8-14-6-2-3-7-15(14)12-19/h2-3,6-7,13H,4-5,8-12,17H2,1H3,(H,18,20). The lowest BCUT2D eigenvalue weighted by Gasteiger charge is -2.32. The third-order valence-corrected chi connectivity index (χ3v) is 4.02. The Morgan fingerprint density at radius 3 is 2.85 bits per heavy atom. The highest BCUT2D eigenvalue weighted by atomic mass is 16.2. The zero-order valence-corrected chi connectivity index (χ0v) is 12.3. The van der Waals surface area contributed by atoms with Crippen molar-refractivity contribution in [2.75, 3.05) is 19.6 Å². The molecule has 0 fully saturated rings. The van der Waals surface area contributed by atoms with Gasteiger partial charge in [0.15, 0.2) is 0 Å². The van der Waals surface area contributed by atoms with Crippen molar-refractivity contribution in [2.45, 2.75) is 38.8 Å². The van der Waals surface area contributed by atoms with E-state index in [1.54, 1.807) is 0 Å².